The number of aromatic nitrogens is 5. The van der Waals surface area contributed by atoms with E-state index in [0.29, 0.717) is 0 Å². The average molecular weight is 1410 g/mol. The van der Waals surface area contributed by atoms with Gasteiger partial charge >= 0.3 is 0 Å². The van der Waals surface area contributed by atoms with Gasteiger partial charge in [0.25, 0.3) is 0 Å². The van der Waals surface area contributed by atoms with Crippen molar-refractivity contribution in [2.75, 3.05) is 0 Å². The van der Waals surface area contributed by atoms with Crippen LogP contribution in [-0.4, -0.2) is 22.8 Å². The van der Waals surface area contributed by atoms with E-state index in [0.717, 1.165) is 50.8 Å². The maximum Gasteiger partial charge on any atom is 0.0641 e. The highest BCUT2D eigenvalue weighted by atomic mass is 35.5. The molecule has 0 saturated heterocycles. The summed E-state index contributed by atoms with van der Waals surface area (Å²) in [6.45, 7) is 4.42. The van der Waals surface area contributed by atoms with E-state index in [1.165, 1.54) is 162 Å². The molecule has 6 heteroatoms. The normalized spacial score (nSPS) is 11.7. The Hall–Kier alpha value is -13.2. The molecule has 16 aromatic carbocycles. The molecule has 0 aliphatic heterocycles. The Labute approximate surface area is 632 Å². The summed E-state index contributed by atoms with van der Waals surface area (Å²) in [4.78, 5) is 0. The summed E-state index contributed by atoms with van der Waals surface area (Å²) >= 11 is 6.56. The molecule has 0 fully saturated rings. The standard InChI is InChI=1S/C48H31N3.C36H23ClN2.C13H10.C5H12/c1-3-14-32(15-4-1)33-16-13-19-35(30-33)51-45-28-26-36(50-42-23-10-7-20-37(42)38-21-8-11-24-43(38)50)31-41(45)39-27-29-46-47(48(39)51)40-22-9-12-25-44(40)49(46)34-17-5-2-6-18-34;37-26-18-20-33-31(23-26)29-19-21-34-35(30-16-7-8-17-32(30)38(34)27-13-5-2-6-14-27)36(29)39(33)28-15-9-12-25(22-28)24-10-3-1-4-11-24;1-3-7-12-10(5-1)9-11-6-2-4-8-13(11)12;1-3-5-4-2/h1-31H;1-23H;1-8H,9H2;3-5H2,1-2H3. The van der Waals surface area contributed by atoms with Crippen molar-refractivity contribution >= 4 is 121 Å². The van der Waals surface area contributed by atoms with Gasteiger partial charge in [-0.3, -0.25) is 0 Å². The summed E-state index contributed by atoms with van der Waals surface area (Å²) in [5, 5.41) is 13.1. The van der Waals surface area contributed by atoms with Crippen LogP contribution in [0.3, 0.4) is 0 Å². The maximum atomic E-state index is 6.56. The first kappa shape index (κ1) is 65.6. The van der Waals surface area contributed by atoms with Crippen LogP contribution in [0.1, 0.15) is 44.2 Å². The predicted octanol–water partition coefficient (Wildman–Crippen LogP) is 28.3. The van der Waals surface area contributed by atoms with E-state index in [-0.39, 0.29) is 0 Å². The Kier molecular flexibility index (Phi) is 17.0. The zero-order valence-electron chi connectivity index (χ0n) is 60.2. The van der Waals surface area contributed by atoms with E-state index < -0.39 is 0 Å². The molecule has 0 N–H and O–H groups in total. The molecule has 516 valence electrons. The molecule has 0 saturated carbocycles. The maximum absolute atomic E-state index is 6.56. The van der Waals surface area contributed by atoms with E-state index in [4.69, 9.17) is 11.6 Å². The first-order chi connectivity index (χ1) is 53.5. The number of rotatable bonds is 9. The Morgan fingerprint density at radius 2 is 0.565 bits per heavy atom. The molecule has 0 atom stereocenters. The molecule has 0 radical (unpaired) electrons. The molecular weight excluding hydrogens is 1330 g/mol. The third-order valence-electron chi connectivity index (χ3n) is 21.8. The summed E-state index contributed by atoms with van der Waals surface area (Å²) in [5.41, 5.74) is 28.2. The fourth-order valence-corrected chi connectivity index (χ4v) is 17.2. The number of para-hydroxylation sites is 6. The summed E-state index contributed by atoms with van der Waals surface area (Å²) in [7, 11) is 0. The van der Waals surface area contributed by atoms with Crippen molar-refractivity contribution in [3.8, 4) is 61.8 Å². The number of nitrogens with zero attached hydrogens (tertiary/aromatic N) is 5. The zero-order chi connectivity index (χ0) is 72.2. The van der Waals surface area contributed by atoms with Gasteiger partial charge in [-0.15, -0.1) is 0 Å². The predicted molar refractivity (Wildman–Crippen MR) is 460 cm³/mol. The third-order valence-corrected chi connectivity index (χ3v) is 22.0. The van der Waals surface area contributed by atoms with Crippen molar-refractivity contribution in [2.24, 2.45) is 0 Å². The molecule has 21 aromatic rings. The van der Waals surface area contributed by atoms with E-state index in [2.05, 4.69) is 407 Å². The average Bonchev–Trinajstić information content (AvgIpc) is 1.55. The molecule has 1 aliphatic carbocycles. The summed E-state index contributed by atoms with van der Waals surface area (Å²) < 4.78 is 12.1. The van der Waals surface area contributed by atoms with Crippen molar-refractivity contribution in [1.29, 1.82) is 0 Å². The van der Waals surface area contributed by atoms with Gasteiger partial charge in [0.1, 0.15) is 0 Å². The van der Waals surface area contributed by atoms with Gasteiger partial charge in [0.05, 0.1) is 55.2 Å². The first-order valence-electron chi connectivity index (χ1n) is 37.7. The van der Waals surface area contributed by atoms with E-state index in [1.807, 2.05) is 6.07 Å². The lowest BCUT2D eigenvalue weighted by Gasteiger charge is -2.12. The number of fused-ring (bicyclic) bond motifs is 20. The summed E-state index contributed by atoms with van der Waals surface area (Å²) in [6.07, 6.45) is 5.18. The van der Waals surface area contributed by atoms with Crippen LogP contribution < -0.4 is 0 Å². The Balaban J connectivity index is 0.000000122. The highest BCUT2D eigenvalue weighted by molar-refractivity contribution is 6.33. The lowest BCUT2D eigenvalue weighted by atomic mass is 10.0. The van der Waals surface area contributed by atoms with Gasteiger partial charge in [-0.05, 0) is 172 Å². The van der Waals surface area contributed by atoms with Gasteiger partial charge in [-0.25, -0.2) is 0 Å². The minimum absolute atomic E-state index is 0.742. The Morgan fingerprint density at radius 3 is 1.02 bits per heavy atom. The molecule has 108 heavy (non-hydrogen) atoms. The molecule has 5 aromatic heterocycles. The quantitative estimate of drug-likeness (QED) is 0.138. The lowest BCUT2D eigenvalue weighted by Crippen LogP contribution is -1.96. The van der Waals surface area contributed by atoms with Crippen molar-refractivity contribution in [2.45, 2.75) is 39.5 Å². The van der Waals surface area contributed by atoms with Crippen LogP contribution >= 0.6 is 11.6 Å². The van der Waals surface area contributed by atoms with Crippen LogP contribution in [0.5, 0.6) is 0 Å². The molecule has 1 aliphatic rings. The van der Waals surface area contributed by atoms with Crippen LogP contribution in [0.25, 0.3) is 171 Å². The largest absolute Gasteiger partial charge is 0.309 e. The van der Waals surface area contributed by atoms with Gasteiger partial charge in [-0.2, -0.15) is 0 Å². The summed E-state index contributed by atoms with van der Waals surface area (Å²) in [5.74, 6) is 0. The second-order valence-corrected chi connectivity index (χ2v) is 28.6. The minimum atomic E-state index is 0.742. The van der Waals surface area contributed by atoms with E-state index in [9.17, 15) is 0 Å². The fraction of sp³-hybridized carbons (Fsp3) is 0.0588. The van der Waals surface area contributed by atoms with Crippen molar-refractivity contribution in [1.82, 2.24) is 22.8 Å². The second kappa shape index (κ2) is 28.0. The second-order valence-electron chi connectivity index (χ2n) is 28.2. The Morgan fingerprint density at radius 1 is 0.231 bits per heavy atom. The van der Waals surface area contributed by atoms with E-state index in [1.54, 1.807) is 0 Å². The molecule has 0 bridgehead atoms. The van der Waals surface area contributed by atoms with Crippen molar-refractivity contribution in [3.05, 3.63) is 392 Å². The number of unbranched alkanes of at least 4 members (excludes halogenated alkanes) is 2. The zero-order valence-corrected chi connectivity index (χ0v) is 61.0. The number of benzene rings is 16. The monoisotopic (exact) mass is 1410 g/mol. The van der Waals surface area contributed by atoms with Crippen molar-refractivity contribution < 1.29 is 0 Å². The Bertz CT molecular complexity index is 6850. The van der Waals surface area contributed by atoms with Gasteiger partial charge in [-0.1, -0.05) is 299 Å². The molecule has 5 heterocycles. The van der Waals surface area contributed by atoms with Gasteiger partial charge in [0.15, 0.2) is 0 Å². The minimum Gasteiger partial charge on any atom is -0.309 e. The molecule has 0 unspecified atom stereocenters. The van der Waals surface area contributed by atoms with Crippen LogP contribution in [0.4, 0.5) is 0 Å². The van der Waals surface area contributed by atoms with E-state index >= 15 is 0 Å². The fourth-order valence-electron chi connectivity index (χ4n) is 17.0. The van der Waals surface area contributed by atoms with Gasteiger partial charge < -0.3 is 22.8 Å². The molecular formula is C102H76ClN5. The molecule has 22 rings (SSSR count). The van der Waals surface area contributed by atoms with Crippen LogP contribution in [-0.2, 0) is 6.42 Å². The molecule has 0 spiro atoms. The van der Waals surface area contributed by atoms with Crippen molar-refractivity contribution in [3.63, 3.8) is 0 Å². The van der Waals surface area contributed by atoms with Gasteiger partial charge in [0, 0.05) is 87.3 Å². The van der Waals surface area contributed by atoms with Crippen LogP contribution in [0.2, 0.25) is 5.02 Å². The molecule has 0 amide bonds. The van der Waals surface area contributed by atoms with Crippen LogP contribution in [0, 0.1) is 0 Å². The summed E-state index contributed by atoms with van der Waals surface area (Å²) in [6, 6.07) is 135. The lowest BCUT2D eigenvalue weighted by molar-refractivity contribution is 0.772. The highest BCUT2D eigenvalue weighted by Crippen LogP contribution is 2.47. The van der Waals surface area contributed by atoms with Gasteiger partial charge in [0.2, 0.25) is 0 Å². The first-order valence-corrected chi connectivity index (χ1v) is 38.1. The highest BCUT2D eigenvalue weighted by Gasteiger charge is 2.25. The molecule has 5 nitrogen and oxygen atoms in total. The number of hydrogen-bond acceptors (Lipinski definition) is 0. The number of hydrogen-bond donors (Lipinski definition) is 0. The SMILES string of the molecule is CCCCC.Clc1ccc2c(c1)c1ccc3c(c4ccccc4n3-c3ccccc3)c1n2-c1cccc(-c2ccccc2)c1.c1ccc(-c2cccc(-n3c4ccc(-n5c6ccccc6c6ccccc65)cc4c4ccc5c(c6ccccc6n5-c5ccccc5)c43)c2)cc1.c1ccc2c(c1)Cc1ccccc1-2. The van der Waals surface area contributed by atoms with Crippen LogP contribution in [0.15, 0.2) is 376 Å². The number of halogens is 1. The smallest absolute Gasteiger partial charge is 0.0641 e. The topological polar surface area (TPSA) is 24.6 Å². The third kappa shape index (κ3) is 11.3.